The van der Waals surface area contributed by atoms with Crippen LogP contribution < -0.4 is 4.90 Å². The van der Waals surface area contributed by atoms with Gasteiger partial charge >= 0.3 is 5.97 Å². The summed E-state index contributed by atoms with van der Waals surface area (Å²) in [4.78, 5) is 14.2. The summed E-state index contributed by atoms with van der Waals surface area (Å²) in [5.41, 5.74) is 2.74. The Hall–Kier alpha value is -1.95. The number of hydrogen-bond acceptors (Lipinski definition) is 3. The Balaban J connectivity index is 2.24. The van der Waals surface area contributed by atoms with Crippen molar-refractivity contribution in [2.45, 2.75) is 50.1 Å². The third kappa shape index (κ3) is 3.91. The summed E-state index contributed by atoms with van der Waals surface area (Å²) in [6.07, 6.45) is -1.32. The molecule has 35 heavy (non-hydrogen) atoms. The molecule has 0 aliphatic carbocycles. The van der Waals surface area contributed by atoms with Crippen LogP contribution in [0.15, 0.2) is 30.3 Å². The smallest absolute Gasteiger partial charge is 0.337 e. The maximum Gasteiger partial charge on any atom is 0.337 e. The fourth-order valence-corrected chi connectivity index (χ4v) is 5.25. The van der Waals surface area contributed by atoms with Gasteiger partial charge in [-0.3, -0.25) is 0 Å². The summed E-state index contributed by atoms with van der Waals surface area (Å²) in [5, 5.41) is 8.13. The van der Waals surface area contributed by atoms with Gasteiger partial charge in [0.2, 0.25) is 0 Å². The number of aromatic nitrogens is 1. The van der Waals surface area contributed by atoms with Crippen LogP contribution in [0.5, 0.6) is 0 Å². The number of likely N-dealkylation sites (N-methyl/N-ethyl adjacent to an activating group) is 1. The summed E-state index contributed by atoms with van der Waals surface area (Å²) in [6, 6.07) is 8.77. The van der Waals surface area contributed by atoms with Gasteiger partial charge in [-0.1, -0.05) is 35.3 Å². The summed E-state index contributed by atoms with van der Waals surface area (Å²) >= 11 is 12.8. The van der Waals surface area contributed by atoms with Crippen molar-refractivity contribution in [1.82, 2.24) is 4.57 Å². The van der Waals surface area contributed by atoms with Gasteiger partial charge in [0.05, 0.1) is 48.2 Å². The van der Waals surface area contributed by atoms with E-state index in [1.807, 2.05) is 12.1 Å². The minimum atomic E-state index is -1.78. The number of aliphatic carboxylic acids is 1. The maximum absolute atomic E-state index is 12.6. The fourth-order valence-electron chi connectivity index (χ4n) is 4.79. The number of carboxylic acid groups (broad SMARTS) is 1. The lowest BCUT2D eigenvalue weighted by atomic mass is 9.37. The van der Waals surface area contributed by atoms with Crippen LogP contribution in [0.2, 0.25) is 10.2 Å². The van der Waals surface area contributed by atoms with Crippen LogP contribution in [-0.2, 0) is 14.9 Å². The van der Waals surface area contributed by atoms with Gasteiger partial charge in [-0.15, -0.1) is 0 Å². The Morgan fingerprint density at radius 2 is 1.66 bits per heavy atom. The molecule has 1 aromatic heterocycles. The van der Waals surface area contributed by atoms with Gasteiger partial charge in [0.1, 0.15) is 5.15 Å². The van der Waals surface area contributed by atoms with Crippen LogP contribution in [0.3, 0.4) is 0 Å². The van der Waals surface area contributed by atoms with Gasteiger partial charge in [0.15, 0.2) is 6.10 Å². The number of halogens is 2. The molecule has 0 spiro atoms. The van der Waals surface area contributed by atoms with Crippen molar-refractivity contribution in [1.29, 1.82) is 0 Å². The summed E-state index contributed by atoms with van der Waals surface area (Å²) < 4.78 is 7.58. The highest BCUT2D eigenvalue weighted by molar-refractivity contribution is 6.55. The Kier molecular flexibility index (Phi) is 6.19. The van der Waals surface area contributed by atoms with E-state index in [0.717, 1.165) is 5.56 Å². The topological polar surface area (TPSA) is 54.7 Å². The quantitative estimate of drug-likeness (QED) is 0.545. The van der Waals surface area contributed by atoms with Gasteiger partial charge in [-0.2, -0.15) is 0 Å². The van der Waals surface area contributed by atoms with E-state index < -0.39 is 28.3 Å². The normalized spacial score (nSPS) is 17.5. The number of carboxylic acids is 1. The molecule has 3 aromatic rings. The van der Waals surface area contributed by atoms with E-state index in [2.05, 4.69) is 0 Å². The first kappa shape index (κ1) is 26.1. The highest BCUT2D eigenvalue weighted by Gasteiger charge is 2.47. The van der Waals surface area contributed by atoms with Gasteiger partial charge in [-0.25, -0.2) is 4.79 Å². The molecular weight excluding hydrogens is 478 g/mol. The van der Waals surface area contributed by atoms with Gasteiger partial charge in [0, 0.05) is 23.0 Å². The molecular formula is C24H22B4Cl2N2O3. The number of anilines is 1. The first-order valence-corrected chi connectivity index (χ1v) is 11.7. The molecule has 1 atom stereocenters. The lowest BCUT2D eigenvalue weighted by Gasteiger charge is -2.57. The van der Waals surface area contributed by atoms with E-state index >= 15 is 0 Å². The third-order valence-electron chi connectivity index (χ3n) is 6.47. The third-order valence-corrected chi connectivity index (χ3v) is 7.00. The van der Waals surface area contributed by atoms with Crippen LogP contribution in [0.25, 0.3) is 22.0 Å². The highest BCUT2D eigenvalue weighted by Crippen LogP contribution is 2.52. The predicted molar refractivity (Wildman–Crippen MR) is 145 cm³/mol. The number of benzene rings is 2. The Bertz CT molecular complexity index is 1350. The van der Waals surface area contributed by atoms with Crippen molar-refractivity contribution in [3.05, 3.63) is 51.6 Å². The van der Waals surface area contributed by atoms with E-state index in [-0.39, 0.29) is 5.15 Å². The van der Waals surface area contributed by atoms with E-state index in [9.17, 15) is 9.90 Å². The van der Waals surface area contributed by atoms with Crippen LogP contribution in [0.4, 0.5) is 5.69 Å². The number of rotatable bonds is 4. The second kappa shape index (κ2) is 8.29. The molecule has 5 nitrogen and oxygen atoms in total. The van der Waals surface area contributed by atoms with E-state index in [4.69, 9.17) is 59.3 Å². The van der Waals surface area contributed by atoms with Crippen molar-refractivity contribution in [3.8, 4) is 11.1 Å². The van der Waals surface area contributed by atoms with Crippen molar-refractivity contribution in [2.75, 3.05) is 11.9 Å². The molecule has 2 heterocycles. The first-order valence-electron chi connectivity index (χ1n) is 10.9. The molecule has 0 saturated heterocycles. The minimum absolute atomic E-state index is 0.204. The number of nitrogens with zero attached hydrogens (tertiary/aromatic N) is 2. The van der Waals surface area contributed by atoms with Gasteiger partial charge < -0.3 is 19.3 Å². The van der Waals surface area contributed by atoms with Crippen molar-refractivity contribution < 1.29 is 14.6 Å². The van der Waals surface area contributed by atoms with Crippen LogP contribution in [-0.4, -0.2) is 65.0 Å². The molecule has 0 amide bonds. The number of carbonyl (C=O) groups is 1. The van der Waals surface area contributed by atoms with Gasteiger partial charge in [-0.05, 0) is 73.3 Å². The Labute approximate surface area is 220 Å². The largest absolute Gasteiger partial charge is 0.479 e. The van der Waals surface area contributed by atoms with Crippen molar-refractivity contribution in [2.24, 2.45) is 0 Å². The van der Waals surface area contributed by atoms with Crippen LogP contribution in [0.1, 0.15) is 38.0 Å². The highest BCUT2D eigenvalue weighted by atomic mass is 35.5. The van der Waals surface area contributed by atoms with Crippen molar-refractivity contribution >= 4 is 77.1 Å². The number of ether oxygens (including phenoxy) is 1. The molecule has 1 N–H and O–H groups in total. The molecule has 1 aliphatic heterocycles. The van der Waals surface area contributed by atoms with Crippen molar-refractivity contribution in [3.63, 3.8) is 0 Å². The Morgan fingerprint density at radius 3 is 2.17 bits per heavy atom. The molecule has 172 valence electrons. The van der Waals surface area contributed by atoms with E-state index in [0.29, 0.717) is 38.3 Å². The molecule has 2 aromatic carbocycles. The average molecular weight is 501 g/mol. The standard InChI is InChI=1S/C24H22B4Cl2N2O3/c1-11-16(20(21(33)34)35-22(2,3)4)17(12-6-8-13(29)9-7-12)14-10-15(30)32-19(14)18(11)31(5)23(25,26)24(32,27)28/h6-10,20H,1-5H3,(H,33,34)/t20-/m0/s1. The second-order valence-corrected chi connectivity index (χ2v) is 10.8. The predicted octanol–water partition coefficient (Wildman–Crippen LogP) is 4.25. The number of hydrogen-bond donors (Lipinski definition) is 1. The molecule has 4 rings (SSSR count). The lowest BCUT2D eigenvalue weighted by molar-refractivity contribution is -0.160. The molecule has 0 saturated carbocycles. The zero-order valence-corrected chi connectivity index (χ0v) is 21.7. The second-order valence-electron chi connectivity index (χ2n) is 9.99. The zero-order chi connectivity index (χ0) is 26.2. The fraction of sp³-hybridized carbons (Fsp3) is 0.375. The maximum atomic E-state index is 12.6. The lowest BCUT2D eigenvalue weighted by Crippen LogP contribution is -2.68. The van der Waals surface area contributed by atoms with E-state index in [1.54, 1.807) is 57.8 Å². The molecule has 11 heteroatoms. The minimum Gasteiger partial charge on any atom is -0.479 e. The van der Waals surface area contributed by atoms with E-state index in [1.165, 1.54) is 4.57 Å². The first-order chi connectivity index (χ1) is 16.0. The molecule has 0 fully saturated rings. The SMILES string of the molecule is [B]C1([B])N(C)c2c(C)c([C@H](OC(C)(C)C)C(=O)O)c(-c3ccc(Cl)cc3)c3cc(Cl)n(c23)C1([B])[B]. The summed E-state index contributed by atoms with van der Waals surface area (Å²) in [7, 11) is 27.5. The molecule has 0 bridgehead atoms. The summed E-state index contributed by atoms with van der Waals surface area (Å²) in [5.74, 6) is -1.15. The van der Waals surface area contributed by atoms with Crippen LogP contribution in [0, 0.1) is 6.92 Å². The van der Waals surface area contributed by atoms with Gasteiger partial charge in [0.25, 0.3) is 0 Å². The Morgan fingerprint density at radius 1 is 1.09 bits per heavy atom. The molecule has 8 radical (unpaired) electrons. The average Bonchev–Trinajstić information content (AvgIpc) is 3.07. The zero-order valence-electron chi connectivity index (χ0n) is 20.2. The monoisotopic (exact) mass is 500 g/mol. The molecule has 1 aliphatic rings. The van der Waals surface area contributed by atoms with Crippen LogP contribution >= 0.6 is 23.2 Å². The molecule has 0 unspecified atom stereocenters. The summed E-state index contributed by atoms with van der Waals surface area (Å²) in [6.45, 7) is 7.18.